The Kier molecular flexibility index (Phi) is 6.53. The lowest BCUT2D eigenvalue weighted by molar-refractivity contribution is 0.0266. The minimum Gasteiger partial charge on any atom is -0.497 e. The second-order valence-electron chi connectivity index (χ2n) is 6.77. The van der Waals surface area contributed by atoms with E-state index in [1.807, 2.05) is 29.2 Å². The fourth-order valence-corrected chi connectivity index (χ4v) is 3.59. The molecule has 138 valence electrons. The summed E-state index contributed by atoms with van der Waals surface area (Å²) in [6.07, 6.45) is 4.55. The number of anilines is 1. The van der Waals surface area contributed by atoms with E-state index in [2.05, 4.69) is 10.2 Å². The summed E-state index contributed by atoms with van der Waals surface area (Å²) < 4.78 is 10.6. The lowest BCUT2D eigenvalue weighted by Gasteiger charge is -2.36. The van der Waals surface area contributed by atoms with Gasteiger partial charge in [-0.3, -0.25) is 4.90 Å². The number of amides is 2. The van der Waals surface area contributed by atoms with Gasteiger partial charge in [-0.05, 0) is 37.1 Å². The van der Waals surface area contributed by atoms with Crippen molar-refractivity contribution in [2.75, 3.05) is 51.8 Å². The SMILES string of the molecule is COc1ccc(NC(=O)N2CCCCCC2CN2CCOCC2)cc1. The van der Waals surface area contributed by atoms with Gasteiger partial charge in [0.1, 0.15) is 5.75 Å². The molecule has 2 aliphatic heterocycles. The van der Waals surface area contributed by atoms with Crippen molar-refractivity contribution < 1.29 is 14.3 Å². The van der Waals surface area contributed by atoms with E-state index >= 15 is 0 Å². The summed E-state index contributed by atoms with van der Waals surface area (Å²) in [6, 6.07) is 7.77. The first-order valence-electron chi connectivity index (χ1n) is 9.28. The van der Waals surface area contributed by atoms with Crippen LogP contribution in [0.5, 0.6) is 5.75 Å². The number of methoxy groups -OCH3 is 1. The summed E-state index contributed by atoms with van der Waals surface area (Å²) in [5, 5.41) is 3.05. The molecule has 2 aliphatic rings. The molecular formula is C19H29N3O3. The molecule has 6 nitrogen and oxygen atoms in total. The number of benzene rings is 1. The van der Waals surface area contributed by atoms with Crippen molar-refractivity contribution in [3.8, 4) is 5.75 Å². The molecule has 0 aliphatic carbocycles. The number of morpholine rings is 1. The van der Waals surface area contributed by atoms with Gasteiger partial charge in [-0.25, -0.2) is 4.79 Å². The minimum absolute atomic E-state index is 0.00493. The molecule has 0 aromatic heterocycles. The average Bonchev–Trinajstić information content (AvgIpc) is 2.89. The largest absolute Gasteiger partial charge is 0.497 e. The third-order valence-electron chi connectivity index (χ3n) is 5.05. The van der Waals surface area contributed by atoms with Gasteiger partial charge in [0.2, 0.25) is 0 Å². The van der Waals surface area contributed by atoms with E-state index in [1.165, 1.54) is 12.8 Å². The quantitative estimate of drug-likeness (QED) is 0.910. The number of nitrogens with zero attached hydrogens (tertiary/aromatic N) is 2. The Bertz CT molecular complexity index is 543. The molecule has 0 bridgehead atoms. The van der Waals surface area contributed by atoms with E-state index < -0.39 is 0 Å². The van der Waals surface area contributed by atoms with Gasteiger partial charge >= 0.3 is 6.03 Å². The van der Waals surface area contributed by atoms with Gasteiger partial charge in [0, 0.05) is 37.9 Å². The maximum atomic E-state index is 12.9. The highest BCUT2D eigenvalue weighted by atomic mass is 16.5. The average molecular weight is 347 g/mol. The molecule has 2 fully saturated rings. The second-order valence-corrected chi connectivity index (χ2v) is 6.77. The molecule has 1 aromatic rings. The van der Waals surface area contributed by atoms with Crippen LogP contribution >= 0.6 is 0 Å². The highest BCUT2D eigenvalue weighted by Gasteiger charge is 2.27. The molecule has 1 aromatic carbocycles. The van der Waals surface area contributed by atoms with Crippen molar-refractivity contribution in [1.29, 1.82) is 0 Å². The van der Waals surface area contributed by atoms with Crippen molar-refractivity contribution in [3.63, 3.8) is 0 Å². The van der Waals surface area contributed by atoms with Gasteiger partial charge in [0.05, 0.1) is 20.3 Å². The predicted molar refractivity (Wildman–Crippen MR) is 98.2 cm³/mol. The van der Waals surface area contributed by atoms with Crippen LogP contribution in [0.1, 0.15) is 25.7 Å². The number of urea groups is 1. The van der Waals surface area contributed by atoms with Crippen LogP contribution in [-0.2, 0) is 4.74 Å². The van der Waals surface area contributed by atoms with E-state index in [9.17, 15) is 4.79 Å². The molecule has 1 unspecified atom stereocenters. The summed E-state index contributed by atoms with van der Waals surface area (Å²) in [5.41, 5.74) is 0.806. The van der Waals surface area contributed by atoms with Gasteiger partial charge in [0.25, 0.3) is 0 Å². The van der Waals surface area contributed by atoms with Gasteiger partial charge in [-0.15, -0.1) is 0 Å². The fourth-order valence-electron chi connectivity index (χ4n) is 3.59. The molecule has 3 rings (SSSR count). The Morgan fingerprint density at radius 2 is 1.92 bits per heavy atom. The molecule has 2 saturated heterocycles. The highest BCUT2D eigenvalue weighted by molar-refractivity contribution is 5.89. The van der Waals surface area contributed by atoms with Crippen LogP contribution in [0.4, 0.5) is 10.5 Å². The van der Waals surface area contributed by atoms with E-state index in [0.29, 0.717) is 0 Å². The first-order valence-corrected chi connectivity index (χ1v) is 9.28. The number of nitrogens with one attached hydrogen (secondary N) is 1. The molecule has 25 heavy (non-hydrogen) atoms. The Hall–Kier alpha value is -1.79. The molecule has 2 heterocycles. The molecule has 2 amide bonds. The molecule has 0 saturated carbocycles. The normalized spacial score (nSPS) is 22.3. The summed E-state index contributed by atoms with van der Waals surface area (Å²) in [4.78, 5) is 17.3. The Morgan fingerprint density at radius 1 is 1.16 bits per heavy atom. The van der Waals surface area contributed by atoms with E-state index in [1.54, 1.807) is 7.11 Å². The van der Waals surface area contributed by atoms with Crippen molar-refractivity contribution >= 4 is 11.7 Å². The smallest absolute Gasteiger partial charge is 0.322 e. The number of rotatable bonds is 4. The zero-order valence-corrected chi connectivity index (χ0v) is 15.1. The van der Waals surface area contributed by atoms with Crippen LogP contribution in [0.2, 0.25) is 0 Å². The maximum Gasteiger partial charge on any atom is 0.322 e. The van der Waals surface area contributed by atoms with Crippen LogP contribution in [0.15, 0.2) is 24.3 Å². The topological polar surface area (TPSA) is 54.0 Å². The zero-order chi connectivity index (χ0) is 17.5. The minimum atomic E-state index is 0.00493. The zero-order valence-electron chi connectivity index (χ0n) is 15.1. The Balaban J connectivity index is 1.63. The molecule has 0 spiro atoms. The van der Waals surface area contributed by atoms with Gasteiger partial charge in [0.15, 0.2) is 0 Å². The third-order valence-corrected chi connectivity index (χ3v) is 5.05. The maximum absolute atomic E-state index is 12.9. The Morgan fingerprint density at radius 3 is 2.64 bits per heavy atom. The number of hydrogen-bond donors (Lipinski definition) is 1. The van der Waals surface area contributed by atoms with Crippen LogP contribution < -0.4 is 10.1 Å². The van der Waals surface area contributed by atoms with Gasteiger partial charge in [-0.1, -0.05) is 12.8 Å². The third kappa shape index (κ3) is 5.09. The van der Waals surface area contributed by atoms with Crippen molar-refractivity contribution in [3.05, 3.63) is 24.3 Å². The van der Waals surface area contributed by atoms with Gasteiger partial charge < -0.3 is 19.7 Å². The second kappa shape index (κ2) is 9.06. The number of carbonyl (C=O) groups is 1. The van der Waals surface area contributed by atoms with Crippen LogP contribution in [0, 0.1) is 0 Å². The van der Waals surface area contributed by atoms with Crippen LogP contribution in [0.3, 0.4) is 0 Å². The summed E-state index contributed by atoms with van der Waals surface area (Å²) >= 11 is 0. The van der Waals surface area contributed by atoms with Crippen molar-refractivity contribution in [2.45, 2.75) is 31.7 Å². The molecule has 1 N–H and O–H groups in total. The molecule has 6 heteroatoms. The molecule has 1 atom stereocenters. The van der Waals surface area contributed by atoms with Gasteiger partial charge in [-0.2, -0.15) is 0 Å². The standard InChI is InChI=1S/C19H29N3O3/c1-24-18-8-6-16(7-9-18)20-19(23)22-10-4-2-3-5-17(22)15-21-11-13-25-14-12-21/h6-9,17H,2-5,10-15H2,1H3,(H,20,23). The number of carbonyl (C=O) groups excluding carboxylic acids is 1. The summed E-state index contributed by atoms with van der Waals surface area (Å²) in [7, 11) is 1.64. The molecule has 0 radical (unpaired) electrons. The number of likely N-dealkylation sites (tertiary alicyclic amines) is 1. The highest BCUT2D eigenvalue weighted by Crippen LogP contribution is 2.21. The fraction of sp³-hybridized carbons (Fsp3) is 0.632. The number of hydrogen-bond acceptors (Lipinski definition) is 4. The summed E-state index contributed by atoms with van der Waals surface area (Å²) in [5.74, 6) is 0.790. The summed E-state index contributed by atoms with van der Waals surface area (Å²) in [6.45, 7) is 5.29. The predicted octanol–water partition coefficient (Wildman–Crippen LogP) is 2.80. The van der Waals surface area contributed by atoms with E-state index in [-0.39, 0.29) is 12.1 Å². The Labute approximate surface area is 150 Å². The van der Waals surface area contributed by atoms with E-state index in [4.69, 9.17) is 9.47 Å². The monoisotopic (exact) mass is 347 g/mol. The van der Waals surface area contributed by atoms with E-state index in [0.717, 1.165) is 63.7 Å². The van der Waals surface area contributed by atoms with Crippen LogP contribution in [-0.4, -0.2) is 68.4 Å². The first kappa shape index (κ1) is 18.0. The first-order chi connectivity index (χ1) is 12.3. The number of ether oxygens (including phenoxy) is 2. The lowest BCUT2D eigenvalue weighted by Crippen LogP contribution is -2.50. The van der Waals surface area contributed by atoms with Crippen molar-refractivity contribution in [2.24, 2.45) is 0 Å². The van der Waals surface area contributed by atoms with Crippen molar-refractivity contribution in [1.82, 2.24) is 9.80 Å². The van der Waals surface area contributed by atoms with Crippen LogP contribution in [0.25, 0.3) is 0 Å². The molecular weight excluding hydrogens is 318 g/mol. The lowest BCUT2D eigenvalue weighted by atomic mass is 10.1.